The average molecular weight is 426 g/mol. The lowest BCUT2D eigenvalue weighted by atomic mass is 10.0. The molecule has 0 fully saturated rings. The topological polar surface area (TPSA) is 54.9 Å². The number of carbonyl (C=O) groups is 1. The number of nitrogens with zero attached hydrogens (tertiary/aromatic N) is 2. The predicted octanol–water partition coefficient (Wildman–Crippen LogP) is 6.10. The van der Waals surface area contributed by atoms with E-state index in [1.165, 1.54) is 28.5 Å². The van der Waals surface area contributed by atoms with Crippen LogP contribution in [0.2, 0.25) is 0 Å². The standard InChI is InChI=1S/C26H23N3OS/c1-2-19-8-14-23(15-9-19)27-25(30)18-31-26-17-16-24(28-29-26)22-12-10-21(11-13-22)20-6-4-3-5-7-20/h3-17H,2,18H2,1H3,(H,27,30). The largest absolute Gasteiger partial charge is 0.325 e. The van der Waals surface area contributed by atoms with Crippen LogP contribution >= 0.6 is 11.8 Å². The van der Waals surface area contributed by atoms with Gasteiger partial charge >= 0.3 is 0 Å². The molecule has 0 radical (unpaired) electrons. The maximum atomic E-state index is 12.2. The van der Waals surface area contributed by atoms with Gasteiger partial charge in [-0.15, -0.1) is 10.2 Å². The summed E-state index contributed by atoms with van der Waals surface area (Å²) in [6.07, 6.45) is 0.982. The van der Waals surface area contributed by atoms with Gasteiger partial charge in [0, 0.05) is 11.3 Å². The molecule has 0 aliphatic heterocycles. The quantitative estimate of drug-likeness (QED) is 0.363. The van der Waals surface area contributed by atoms with E-state index in [9.17, 15) is 4.79 Å². The first-order valence-corrected chi connectivity index (χ1v) is 11.2. The Hall–Kier alpha value is -3.44. The molecule has 1 amide bonds. The Bertz CT molecular complexity index is 1130. The zero-order valence-corrected chi connectivity index (χ0v) is 18.1. The minimum Gasteiger partial charge on any atom is -0.325 e. The van der Waals surface area contributed by atoms with Crippen molar-refractivity contribution in [2.75, 3.05) is 11.1 Å². The van der Waals surface area contributed by atoms with Crippen molar-refractivity contribution in [1.29, 1.82) is 0 Å². The fourth-order valence-electron chi connectivity index (χ4n) is 3.18. The number of hydrogen-bond donors (Lipinski definition) is 1. The lowest BCUT2D eigenvalue weighted by molar-refractivity contribution is -0.113. The normalized spacial score (nSPS) is 10.6. The van der Waals surface area contributed by atoms with Crippen LogP contribution in [-0.2, 0) is 11.2 Å². The van der Waals surface area contributed by atoms with Gasteiger partial charge in [0.1, 0.15) is 5.03 Å². The van der Waals surface area contributed by atoms with E-state index in [0.717, 1.165) is 28.4 Å². The number of hydrogen-bond acceptors (Lipinski definition) is 4. The smallest absolute Gasteiger partial charge is 0.234 e. The van der Waals surface area contributed by atoms with Crippen LogP contribution in [0, 0.1) is 0 Å². The number of aryl methyl sites for hydroxylation is 1. The van der Waals surface area contributed by atoms with Gasteiger partial charge in [0.2, 0.25) is 5.91 Å². The van der Waals surface area contributed by atoms with Gasteiger partial charge in [0.05, 0.1) is 11.4 Å². The van der Waals surface area contributed by atoms with E-state index in [1.807, 2.05) is 54.6 Å². The molecule has 0 aliphatic rings. The van der Waals surface area contributed by atoms with Gasteiger partial charge in [-0.05, 0) is 47.4 Å². The predicted molar refractivity (Wildman–Crippen MR) is 128 cm³/mol. The molecule has 1 N–H and O–H groups in total. The number of nitrogens with one attached hydrogen (secondary N) is 1. The summed E-state index contributed by atoms with van der Waals surface area (Å²) in [4.78, 5) is 12.2. The number of amides is 1. The summed E-state index contributed by atoms with van der Waals surface area (Å²) >= 11 is 1.37. The second-order valence-corrected chi connectivity index (χ2v) is 8.08. The monoisotopic (exact) mass is 425 g/mol. The van der Waals surface area contributed by atoms with Crippen molar-refractivity contribution in [2.45, 2.75) is 18.4 Å². The summed E-state index contributed by atoms with van der Waals surface area (Å²) in [5.74, 6) is 0.228. The Balaban J connectivity index is 1.33. The summed E-state index contributed by atoms with van der Waals surface area (Å²) < 4.78 is 0. The maximum absolute atomic E-state index is 12.2. The lowest BCUT2D eigenvalue weighted by Crippen LogP contribution is -2.14. The molecule has 4 aromatic rings. The number of anilines is 1. The Morgan fingerprint density at radius 1 is 0.774 bits per heavy atom. The summed E-state index contributed by atoms with van der Waals surface area (Å²) in [5.41, 5.74) is 6.23. The van der Waals surface area contributed by atoms with Crippen LogP contribution < -0.4 is 5.32 Å². The number of thioether (sulfide) groups is 1. The lowest BCUT2D eigenvalue weighted by Gasteiger charge is -2.06. The molecule has 0 bridgehead atoms. The van der Waals surface area contributed by atoms with Crippen molar-refractivity contribution >= 4 is 23.4 Å². The molecule has 0 aliphatic carbocycles. The van der Waals surface area contributed by atoms with Crippen molar-refractivity contribution in [3.8, 4) is 22.4 Å². The number of carbonyl (C=O) groups excluding carboxylic acids is 1. The van der Waals surface area contributed by atoms with E-state index in [0.29, 0.717) is 0 Å². The van der Waals surface area contributed by atoms with Crippen LogP contribution in [0.4, 0.5) is 5.69 Å². The second kappa shape index (κ2) is 10.0. The third-order valence-electron chi connectivity index (χ3n) is 4.92. The highest BCUT2D eigenvalue weighted by atomic mass is 32.2. The van der Waals surface area contributed by atoms with Crippen molar-refractivity contribution in [3.05, 3.63) is 96.6 Å². The van der Waals surface area contributed by atoms with Crippen molar-refractivity contribution < 1.29 is 4.79 Å². The molecule has 154 valence electrons. The molecule has 31 heavy (non-hydrogen) atoms. The fraction of sp³-hybridized carbons (Fsp3) is 0.115. The molecule has 4 rings (SSSR count). The van der Waals surface area contributed by atoms with Crippen LogP contribution in [0.15, 0.2) is 96.0 Å². The molecule has 0 unspecified atom stereocenters. The van der Waals surface area contributed by atoms with E-state index < -0.39 is 0 Å². The minimum absolute atomic E-state index is 0.0587. The van der Waals surface area contributed by atoms with Gasteiger partial charge in [-0.25, -0.2) is 0 Å². The first kappa shape index (κ1) is 20.8. The van der Waals surface area contributed by atoms with Gasteiger partial charge in [0.25, 0.3) is 0 Å². The average Bonchev–Trinajstić information content (AvgIpc) is 2.84. The minimum atomic E-state index is -0.0587. The number of benzene rings is 3. The fourth-order valence-corrected chi connectivity index (χ4v) is 3.79. The third kappa shape index (κ3) is 5.58. The highest BCUT2D eigenvalue weighted by Crippen LogP contribution is 2.24. The molecule has 1 heterocycles. The Morgan fingerprint density at radius 2 is 1.45 bits per heavy atom. The molecule has 0 saturated carbocycles. The number of aromatic nitrogens is 2. The molecule has 3 aromatic carbocycles. The molecule has 0 atom stereocenters. The molecule has 0 saturated heterocycles. The maximum Gasteiger partial charge on any atom is 0.234 e. The Labute approximate surface area is 186 Å². The number of rotatable bonds is 7. The summed E-state index contributed by atoms with van der Waals surface area (Å²) in [5, 5.41) is 12.2. The summed E-state index contributed by atoms with van der Waals surface area (Å²) in [6.45, 7) is 2.11. The van der Waals surface area contributed by atoms with E-state index in [-0.39, 0.29) is 11.7 Å². The van der Waals surface area contributed by atoms with Gasteiger partial charge < -0.3 is 5.32 Å². The summed E-state index contributed by atoms with van der Waals surface area (Å²) in [6, 6.07) is 30.3. The zero-order valence-electron chi connectivity index (χ0n) is 17.3. The van der Waals surface area contributed by atoms with Gasteiger partial charge in [0.15, 0.2) is 0 Å². The molecule has 5 heteroatoms. The van der Waals surface area contributed by atoms with Crippen LogP contribution in [0.1, 0.15) is 12.5 Å². The molecule has 0 spiro atoms. The first-order chi connectivity index (χ1) is 15.2. The van der Waals surface area contributed by atoms with Gasteiger partial charge in [-0.2, -0.15) is 0 Å². The second-order valence-electron chi connectivity index (χ2n) is 7.09. The van der Waals surface area contributed by atoms with Gasteiger partial charge in [-0.1, -0.05) is 85.4 Å². The summed E-state index contributed by atoms with van der Waals surface area (Å²) in [7, 11) is 0. The van der Waals surface area contributed by atoms with Crippen molar-refractivity contribution in [3.63, 3.8) is 0 Å². The van der Waals surface area contributed by atoms with Crippen LogP contribution in [-0.4, -0.2) is 21.9 Å². The molecule has 1 aromatic heterocycles. The van der Waals surface area contributed by atoms with E-state index in [2.05, 4.69) is 58.8 Å². The van der Waals surface area contributed by atoms with E-state index >= 15 is 0 Å². The molecular formula is C26H23N3OS. The Morgan fingerprint density at radius 3 is 2.10 bits per heavy atom. The third-order valence-corrected chi connectivity index (χ3v) is 5.84. The van der Waals surface area contributed by atoms with E-state index in [4.69, 9.17) is 0 Å². The van der Waals surface area contributed by atoms with Crippen molar-refractivity contribution in [2.24, 2.45) is 0 Å². The molecule has 4 nitrogen and oxygen atoms in total. The highest BCUT2D eigenvalue weighted by molar-refractivity contribution is 7.99. The van der Waals surface area contributed by atoms with Crippen molar-refractivity contribution in [1.82, 2.24) is 10.2 Å². The first-order valence-electron chi connectivity index (χ1n) is 10.2. The van der Waals surface area contributed by atoms with Gasteiger partial charge in [-0.3, -0.25) is 4.79 Å². The van der Waals surface area contributed by atoms with E-state index in [1.54, 1.807) is 0 Å². The Kier molecular flexibility index (Phi) is 6.75. The van der Waals surface area contributed by atoms with Crippen LogP contribution in [0.5, 0.6) is 0 Å². The molecular weight excluding hydrogens is 402 g/mol. The van der Waals surface area contributed by atoms with Crippen LogP contribution in [0.25, 0.3) is 22.4 Å². The SMILES string of the molecule is CCc1ccc(NC(=O)CSc2ccc(-c3ccc(-c4ccccc4)cc3)nn2)cc1. The highest BCUT2D eigenvalue weighted by Gasteiger charge is 2.07. The zero-order chi connectivity index (χ0) is 21.5. The van der Waals surface area contributed by atoms with Crippen LogP contribution in [0.3, 0.4) is 0 Å².